The minimum Gasteiger partial charge on any atom is -0.497 e. The molecule has 0 bridgehead atoms. The van der Waals surface area contributed by atoms with E-state index in [1.807, 2.05) is 0 Å². The minimum absolute atomic E-state index is 0.181. The summed E-state index contributed by atoms with van der Waals surface area (Å²) in [4.78, 5) is 31.5. The Bertz CT molecular complexity index is 1460. The molecule has 4 rings (SSSR count). The Morgan fingerprint density at radius 1 is 0.914 bits per heavy atom. The fraction of sp³-hybridized carbons (Fsp3) is 0.160. The quantitative estimate of drug-likeness (QED) is 0.374. The zero-order valence-corrected chi connectivity index (χ0v) is 21.0. The molecule has 0 fully saturated rings. The molecule has 35 heavy (non-hydrogen) atoms. The van der Waals surface area contributed by atoms with Gasteiger partial charge in [0.15, 0.2) is 17.3 Å². The Morgan fingerprint density at radius 2 is 1.60 bits per heavy atom. The number of para-hydroxylation sites is 1. The molecule has 0 radical (unpaired) electrons. The normalized spacial score (nSPS) is 10.7. The lowest BCUT2D eigenvalue weighted by Crippen LogP contribution is -2.35. The van der Waals surface area contributed by atoms with Gasteiger partial charge < -0.3 is 18.9 Å². The van der Waals surface area contributed by atoms with E-state index >= 15 is 0 Å². The number of benzene rings is 3. The number of ether oxygens (including phenoxy) is 4. The maximum atomic E-state index is 13.5. The second-order valence-electron chi connectivity index (χ2n) is 7.29. The molecule has 9 nitrogen and oxygen atoms in total. The topological polar surface area (TPSA) is 101 Å². The number of nitrogens with one attached hydrogen (secondary N) is 1. The van der Waals surface area contributed by atoms with Crippen molar-refractivity contribution in [2.24, 2.45) is 0 Å². The highest BCUT2D eigenvalue weighted by Gasteiger charge is 2.21. The number of hydrogen-bond acceptors (Lipinski definition) is 7. The molecule has 1 aromatic heterocycles. The lowest BCUT2D eigenvalue weighted by molar-refractivity contribution is 0.101. The van der Waals surface area contributed by atoms with Gasteiger partial charge in [-0.05, 0) is 58.4 Å². The van der Waals surface area contributed by atoms with E-state index in [-0.39, 0.29) is 11.4 Å². The highest BCUT2D eigenvalue weighted by Crippen LogP contribution is 2.40. The molecule has 0 unspecified atom stereocenters. The first-order valence-corrected chi connectivity index (χ1v) is 11.2. The largest absolute Gasteiger partial charge is 0.497 e. The highest BCUT2D eigenvalue weighted by atomic mass is 79.9. The SMILES string of the molecule is COc1ccc(Br)c(C(=O)Nn2c(-c3cc(OC)c(OC)c(OC)c3)nc3ccccc3c2=O)c1. The van der Waals surface area contributed by atoms with Crippen LogP contribution in [-0.4, -0.2) is 44.0 Å². The van der Waals surface area contributed by atoms with Crippen LogP contribution in [-0.2, 0) is 0 Å². The van der Waals surface area contributed by atoms with Crippen molar-refractivity contribution in [3.63, 3.8) is 0 Å². The zero-order valence-electron chi connectivity index (χ0n) is 19.4. The van der Waals surface area contributed by atoms with Gasteiger partial charge in [-0.1, -0.05) is 12.1 Å². The standard InChI is InChI=1S/C25H22BrN3O6/c1-32-15-9-10-18(26)17(13-15)24(30)28-29-23(27-19-8-6-5-7-16(19)25(29)31)14-11-20(33-2)22(35-4)21(12-14)34-3/h5-13H,1-4H3,(H,28,30). The van der Waals surface area contributed by atoms with E-state index in [1.54, 1.807) is 54.6 Å². The number of hydrogen-bond donors (Lipinski definition) is 1. The van der Waals surface area contributed by atoms with Gasteiger partial charge in [0, 0.05) is 10.0 Å². The summed E-state index contributed by atoms with van der Waals surface area (Å²) < 4.78 is 23.2. The van der Waals surface area contributed by atoms with Crippen LogP contribution in [0.2, 0.25) is 0 Å². The zero-order chi connectivity index (χ0) is 25.1. The number of methoxy groups -OCH3 is 4. The predicted molar refractivity (Wildman–Crippen MR) is 135 cm³/mol. The van der Waals surface area contributed by atoms with Crippen molar-refractivity contribution < 1.29 is 23.7 Å². The molecule has 180 valence electrons. The van der Waals surface area contributed by atoms with Crippen LogP contribution in [0.3, 0.4) is 0 Å². The number of aromatic nitrogens is 2. The van der Waals surface area contributed by atoms with Gasteiger partial charge >= 0.3 is 0 Å². The molecule has 1 heterocycles. The van der Waals surface area contributed by atoms with Crippen LogP contribution in [0.15, 0.2) is 63.9 Å². The second kappa shape index (κ2) is 10.1. The summed E-state index contributed by atoms with van der Waals surface area (Å²) in [6.07, 6.45) is 0. The molecule has 0 atom stereocenters. The maximum absolute atomic E-state index is 13.5. The molecule has 10 heteroatoms. The van der Waals surface area contributed by atoms with E-state index in [1.165, 1.54) is 28.4 Å². The molecule has 0 saturated carbocycles. The van der Waals surface area contributed by atoms with Crippen LogP contribution in [0.1, 0.15) is 10.4 Å². The summed E-state index contributed by atoms with van der Waals surface area (Å²) in [5.74, 6) is 1.27. The molecular formula is C25H22BrN3O6. The Balaban J connectivity index is 1.94. The predicted octanol–water partition coefficient (Wildman–Crippen LogP) is 4.24. The van der Waals surface area contributed by atoms with Gasteiger partial charge in [0.05, 0.1) is 44.9 Å². The van der Waals surface area contributed by atoms with E-state index in [9.17, 15) is 9.59 Å². The third-order valence-corrected chi connectivity index (χ3v) is 6.02. The van der Waals surface area contributed by atoms with Crippen LogP contribution in [0.4, 0.5) is 0 Å². The van der Waals surface area contributed by atoms with Gasteiger partial charge in [-0.2, -0.15) is 4.68 Å². The number of rotatable bonds is 7. The number of nitrogens with zero attached hydrogens (tertiary/aromatic N) is 2. The van der Waals surface area contributed by atoms with Crippen molar-refractivity contribution in [1.82, 2.24) is 9.66 Å². The fourth-order valence-electron chi connectivity index (χ4n) is 3.61. The first-order valence-electron chi connectivity index (χ1n) is 10.4. The minimum atomic E-state index is -0.538. The Kier molecular flexibility index (Phi) is 6.92. The molecule has 0 aliphatic heterocycles. The number of carbonyl (C=O) groups is 1. The van der Waals surface area contributed by atoms with E-state index in [4.69, 9.17) is 18.9 Å². The van der Waals surface area contributed by atoms with E-state index in [2.05, 4.69) is 26.3 Å². The van der Waals surface area contributed by atoms with Crippen molar-refractivity contribution >= 4 is 32.7 Å². The van der Waals surface area contributed by atoms with Gasteiger partial charge in [0.1, 0.15) is 5.75 Å². The van der Waals surface area contributed by atoms with Crippen LogP contribution in [0.5, 0.6) is 23.0 Å². The van der Waals surface area contributed by atoms with Crippen molar-refractivity contribution in [1.29, 1.82) is 0 Å². The van der Waals surface area contributed by atoms with Crippen LogP contribution >= 0.6 is 15.9 Å². The summed E-state index contributed by atoms with van der Waals surface area (Å²) in [6.45, 7) is 0. The van der Waals surface area contributed by atoms with Crippen LogP contribution < -0.4 is 29.9 Å². The summed E-state index contributed by atoms with van der Waals surface area (Å²) in [5.41, 5.74) is 3.44. The first-order chi connectivity index (χ1) is 16.9. The van der Waals surface area contributed by atoms with Gasteiger partial charge in [0.25, 0.3) is 11.5 Å². The lowest BCUT2D eigenvalue weighted by atomic mass is 10.1. The average molecular weight is 540 g/mol. The Hall–Kier alpha value is -4.05. The Morgan fingerprint density at radius 3 is 2.23 bits per heavy atom. The number of fused-ring (bicyclic) bond motifs is 1. The molecule has 0 saturated heterocycles. The summed E-state index contributed by atoms with van der Waals surface area (Å²) >= 11 is 3.38. The van der Waals surface area contributed by atoms with Gasteiger partial charge in [-0.15, -0.1) is 0 Å². The summed E-state index contributed by atoms with van der Waals surface area (Å²) in [6, 6.07) is 15.2. The third-order valence-electron chi connectivity index (χ3n) is 5.33. The van der Waals surface area contributed by atoms with Crippen molar-refractivity contribution in [2.45, 2.75) is 0 Å². The smallest absolute Gasteiger partial charge is 0.280 e. The Labute approximate surface area is 209 Å². The molecule has 4 aromatic rings. The van der Waals surface area contributed by atoms with E-state index in [0.717, 1.165) is 4.68 Å². The number of carbonyl (C=O) groups excluding carboxylic acids is 1. The summed E-state index contributed by atoms with van der Waals surface area (Å²) in [7, 11) is 5.98. The molecule has 1 N–H and O–H groups in total. The second-order valence-corrected chi connectivity index (χ2v) is 8.15. The van der Waals surface area contributed by atoms with Gasteiger partial charge in [-0.3, -0.25) is 15.0 Å². The molecular weight excluding hydrogens is 518 g/mol. The molecule has 0 spiro atoms. The van der Waals surface area contributed by atoms with Gasteiger partial charge in [0.2, 0.25) is 5.75 Å². The molecule has 3 aromatic carbocycles. The van der Waals surface area contributed by atoms with Crippen molar-refractivity contribution in [3.8, 4) is 34.4 Å². The number of amides is 1. The van der Waals surface area contributed by atoms with Crippen molar-refractivity contribution in [3.05, 3.63) is 75.0 Å². The van der Waals surface area contributed by atoms with E-state index < -0.39 is 11.5 Å². The van der Waals surface area contributed by atoms with Crippen molar-refractivity contribution in [2.75, 3.05) is 33.9 Å². The molecule has 0 aliphatic rings. The van der Waals surface area contributed by atoms with Crippen LogP contribution in [0, 0.1) is 0 Å². The van der Waals surface area contributed by atoms with E-state index in [0.29, 0.717) is 43.9 Å². The summed E-state index contributed by atoms with van der Waals surface area (Å²) in [5, 5.41) is 0.341. The average Bonchev–Trinajstić information content (AvgIpc) is 2.89. The number of halogens is 1. The van der Waals surface area contributed by atoms with Crippen LogP contribution in [0.25, 0.3) is 22.3 Å². The van der Waals surface area contributed by atoms with Gasteiger partial charge in [-0.25, -0.2) is 4.98 Å². The molecule has 1 amide bonds. The lowest BCUT2D eigenvalue weighted by Gasteiger charge is -2.18. The first kappa shape index (κ1) is 24.1. The highest BCUT2D eigenvalue weighted by molar-refractivity contribution is 9.10. The fourth-order valence-corrected chi connectivity index (χ4v) is 4.03. The molecule has 0 aliphatic carbocycles. The monoisotopic (exact) mass is 539 g/mol. The third kappa shape index (κ3) is 4.52. The maximum Gasteiger partial charge on any atom is 0.280 e.